The number of amides is 2. The SMILES string of the molecule is COc1ccccc1[C@@H]1NC(=O)NC(C)=C1C(=O)OCCC(C)C. The Labute approximate surface area is 142 Å². The quantitative estimate of drug-likeness (QED) is 0.785. The van der Waals surface area contributed by atoms with E-state index < -0.39 is 12.0 Å². The lowest BCUT2D eigenvalue weighted by Crippen LogP contribution is -2.45. The highest BCUT2D eigenvalue weighted by Gasteiger charge is 2.33. The maximum absolute atomic E-state index is 12.6. The highest BCUT2D eigenvalue weighted by molar-refractivity contribution is 5.95. The number of carbonyl (C=O) groups excluding carboxylic acids is 2. The highest BCUT2D eigenvalue weighted by Crippen LogP contribution is 2.33. The van der Waals surface area contributed by atoms with E-state index in [1.807, 2.05) is 18.2 Å². The van der Waals surface area contributed by atoms with Gasteiger partial charge in [0, 0.05) is 11.3 Å². The highest BCUT2D eigenvalue weighted by atomic mass is 16.5. The number of esters is 1. The van der Waals surface area contributed by atoms with Gasteiger partial charge in [-0.3, -0.25) is 0 Å². The average Bonchev–Trinajstić information content (AvgIpc) is 2.53. The second kappa shape index (κ2) is 7.86. The number of para-hydroxylation sites is 1. The van der Waals surface area contributed by atoms with Gasteiger partial charge in [0.15, 0.2) is 0 Å². The zero-order valence-corrected chi connectivity index (χ0v) is 14.5. The summed E-state index contributed by atoms with van der Waals surface area (Å²) >= 11 is 0. The maximum Gasteiger partial charge on any atom is 0.338 e. The van der Waals surface area contributed by atoms with Crippen LogP contribution in [0, 0.1) is 5.92 Å². The number of urea groups is 1. The van der Waals surface area contributed by atoms with Crippen LogP contribution < -0.4 is 15.4 Å². The second-order valence-corrected chi connectivity index (χ2v) is 6.13. The van der Waals surface area contributed by atoms with Crippen molar-refractivity contribution in [3.63, 3.8) is 0 Å². The van der Waals surface area contributed by atoms with E-state index in [1.54, 1.807) is 20.1 Å². The molecule has 1 aliphatic rings. The molecule has 1 aliphatic heterocycles. The predicted molar refractivity (Wildman–Crippen MR) is 90.5 cm³/mol. The van der Waals surface area contributed by atoms with E-state index >= 15 is 0 Å². The first-order valence-corrected chi connectivity index (χ1v) is 8.02. The van der Waals surface area contributed by atoms with Gasteiger partial charge in [0.05, 0.1) is 25.3 Å². The van der Waals surface area contributed by atoms with Gasteiger partial charge in [-0.25, -0.2) is 9.59 Å². The third-order valence-corrected chi connectivity index (χ3v) is 3.87. The zero-order valence-electron chi connectivity index (χ0n) is 14.5. The van der Waals surface area contributed by atoms with Gasteiger partial charge in [0.25, 0.3) is 0 Å². The first-order valence-electron chi connectivity index (χ1n) is 8.02. The smallest absolute Gasteiger partial charge is 0.338 e. The van der Waals surface area contributed by atoms with Gasteiger partial charge in [-0.05, 0) is 25.3 Å². The van der Waals surface area contributed by atoms with Crippen LogP contribution >= 0.6 is 0 Å². The van der Waals surface area contributed by atoms with Gasteiger partial charge in [-0.2, -0.15) is 0 Å². The molecule has 0 unspecified atom stereocenters. The summed E-state index contributed by atoms with van der Waals surface area (Å²) in [4.78, 5) is 24.4. The molecule has 6 nitrogen and oxygen atoms in total. The van der Waals surface area contributed by atoms with Crippen LogP contribution in [0.5, 0.6) is 5.75 Å². The molecule has 1 heterocycles. The van der Waals surface area contributed by atoms with Gasteiger partial charge in [0.2, 0.25) is 0 Å². The van der Waals surface area contributed by atoms with E-state index in [0.29, 0.717) is 35.1 Å². The predicted octanol–water partition coefficient (Wildman–Crippen LogP) is 2.91. The first-order chi connectivity index (χ1) is 11.4. The van der Waals surface area contributed by atoms with Gasteiger partial charge in [0.1, 0.15) is 5.75 Å². The maximum atomic E-state index is 12.6. The van der Waals surface area contributed by atoms with Gasteiger partial charge in [-0.1, -0.05) is 32.0 Å². The summed E-state index contributed by atoms with van der Waals surface area (Å²) in [6.45, 7) is 6.18. The van der Waals surface area contributed by atoms with Crippen LogP contribution in [-0.2, 0) is 9.53 Å². The minimum Gasteiger partial charge on any atom is -0.496 e. The number of hydrogen-bond acceptors (Lipinski definition) is 4. The Balaban J connectivity index is 2.32. The number of hydrogen-bond donors (Lipinski definition) is 2. The van der Waals surface area contributed by atoms with Crippen LogP contribution in [0.3, 0.4) is 0 Å². The molecule has 130 valence electrons. The lowest BCUT2D eigenvalue weighted by molar-refractivity contribution is -0.139. The molecule has 0 radical (unpaired) electrons. The van der Waals surface area contributed by atoms with E-state index in [9.17, 15) is 9.59 Å². The summed E-state index contributed by atoms with van der Waals surface area (Å²) in [6, 6.07) is 6.32. The monoisotopic (exact) mass is 332 g/mol. The fourth-order valence-corrected chi connectivity index (χ4v) is 2.57. The van der Waals surface area contributed by atoms with Crippen molar-refractivity contribution in [3.05, 3.63) is 41.1 Å². The third kappa shape index (κ3) is 4.07. The van der Waals surface area contributed by atoms with Crippen LogP contribution in [0.2, 0.25) is 0 Å². The molecule has 0 saturated carbocycles. The number of methoxy groups -OCH3 is 1. The summed E-state index contributed by atoms with van der Waals surface area (Å²) in [5.41, 5.74) is 1.59. The van der Waals surface area contributed by atoms with Crippen LogP contribution in [0.25, 0.3) is 0 Å². The molecule has 0 fully saturated rings. The minimum atomic E-state index is -0.610. The van der Waals surface area contributed by atoms with E-state index in [0.717, 1.165) is 6.42 Å². The zero-order chi connectivity index (χ0) is 17.7. The molecular weight excluding hydrogens is 308 g/mol. The number of ether oxygens (including phenoxy) is 2. The Morgan fingerprint density at radius 1 is 1.29 bits per heavy atom. The number of rotatable bonds is 6. The fourth-order valence-electron chi connectivity index (χ4n) is 2.57. The van der Waals surface area contributed by atoms with Crippen LogP contribution in [0.4, 0.5) is 4.79 Å². The summed E-state index contributed by atoms with van der Waals surface area (Å²) in [5, 5.41) is 5.41. The molecule has 1 aromatic carbocycles. The fraction of sp³-hybridized carbons (Fsp3) is 0.444. The summed E-state index contributed by atoms with van der Waals surface area (Å²) in [6.07, 6.45) is 0.789. The Bertz CT molecular complexity index is 652. The normalized spacial score (nSPS) is 17.4. The molecule has 0 aliphatic carbocycles. The van der Waals surface area contributed by atoms with Crippen LogP contribution in [0.15, 0.2) is 35.5 Å². The number of allylic oxidation sites excluding steroid dienone is 1. The Morgan fingerprint density at radius 3 is 2.67 bits per heavy atom. The van der Waals surface area contributed by atoms with Gasteiger partial charge >= 0.3 is 12.0 Å². The first kappa shape index (κ1) is 17.8. The Morgan fingerprint density at radius 2 is 2.00 bits per heavy atom. The molecule has 0 spiro atoms. The molecule has 2 rings (SSSR count). The summed E-state index contributed by atoms with van der Waals surface area (Å²) in [5.74, 6) is 0.614. The molecule has 24 heavy (non-hydrogen) atoms. The molecule has 0 aromatic heterocycles. The lowest BCUT2D eigenvalue weighted by atomic mass is 9.95. The Kier molecular flexibility index (Phi) is 5.84. The van der Waals surface area contributed by atoms with Crippen LogP contribution in [-0.4, -0.2) is 25.7 Å². The van der Waals surface area contributed by atoms with E-state index in [-0.39, 0.29) is 6.03 Å². The minimum absolute atomic E-state index is 0.347. The largest absolute Gasteiger partial charge is 0.496 e. The number of carbonyl (C=O) groups is 2. The van der Waals surface area contributed by atoms with E-state index in [1.165, 1.54) is 0 Å². The van der Waals surface area contributed by atoms with Crippen molar-refractivity contribution in [3.8, 4) is 5.75 Å². The van der Waals surface area contributed by atoms with E-state index in [4.69, 9.17) is 9.47 Å². The van der Waals surface area contributed by atoms with Crippen LogP contribution in [0.1, 0.15) is 38.8 Å². The van der Waals surface area contributed by atoms with Gasteiger partial charge < -0.3 is 20.1 Å². The van der Waals surface area contributed by atoms with Crippen molar-refractivity contribution >= 4 is 12.0 Å². The number of nitrogens with one attached hydrogen (secondary N) is 2. The van der Waals surface area contributed by atoms with Crippen molar-refractivity contribution in [2.75, 3.05) is 13.7 Å². The van der Waals surface area contributed by atoms with Crippen molar-refractivity contribution in [1.29, 1.82) is 0 Å². The third-order valence-electron chi connectivity index (χ3n) is 3.87. The summed E-state index contributed by atoms with van der Waals surface area (Å²) < 4.78 is 10.8. The Hall–Kier alpha value is -2.50. The molecule has 1 atom stereocenters. The molecular formula is C18H24N2O4. The van der Waals surface area contributed by atoms with Crippen molar-refractivity contribution in [2.45, 2.75) is 33.2 Å². The number of benzene rings is 1. The second-order valence-electron chi connectivity index (χ2n) is 6.13. The molecule has 6 heteroatoms. The topological polar surface area (TPSA) is 76.7 Å². The van der Waals surface area contributed by atoms with Crippen molar-refractivity contribution < 1.29 is 19.1 Å². The lowest BCUT2D eigenvalue weighted by Gasteiger charge is -2.29. The summed E-state index contributed by atoms with van der Waals surface area (Å²) in [7, 11) is 1.55. The standard InChI is InChI=1S/C18H24N2O4/c1-11(2)9-10-24-17(21)15-12(3)19-18(22)20-16(15)13-7-5-6-8-14(13)23-4/h5-8,11,16H,9-10H2,1-4H3,(H2,19,20,22)/t16-/m0/s1. The van der Waals surface area contributed by atoms with Gasteiger partial charge in [-0.15, -0.1) is 0 Å². The molecule has 1 aromatic rings. The molecule has 0 bridgehead atoms. The molecule has 2 N–H and O–H groups in total. The average molecular weight is 332 g/mol. The van der Waals surface area contributed by atoms with Crippen molar-refractivity contribution in [2.24, 2.45) is 5.92 Å². The molecule has 2 amide bonds. The van der Waals surface area contributed by atoms with Crippen molar-refractivity contribution in [1.82, 2.24) is 10.6 Å². The van der Waals surface area contributed by atoms with E-state index in [2.05, 4.69) is 24.5 Å². The molecule has 0 saturated heterocycles.